The van der Waals surface area contributed by atoms with E-state index in [0.29, 0.717) is 0 Å². The number of aromatic hydroxyl groups is 1. The van der Waals surface area contributed by atoms with Crippen molar-refractivity contribution < 1.29 is 44.1 Å². The van der Waals surface area contributed by atoms with E-state index in [1.165, 1.54) is 19.9 Å². The average Bonchev–Trinajstić information content (AvgIpc) is 2.69. The Morgan fingerprint density at radius 2 is 1.76 bits per heavy atom. The molecule has 6 atom stereocenters. The summed E-state index contributed by atoms with van der Waals surface area (Å²) in [6.07, 6.45) is -0.816. The lowest BCUT2D eigenvalue weighted by molar-refractivity contribution is -0.182. The van der Waals surface area contributed by atoms with E-state index >= 15 is 0 Å². The minimum atomic E-state index is -2.82. The number of hydrogen-bond acceptors (Lipinski definition) is 9. The summed E-state index contributed by atoms with van der Waals surface area (Å²) in [5, 5.41) is 35.6. The van der Waals surface area contributed by atoms with Gasteiger partial charge in [-0.05, 0) is 25.5 Å². The average molecular weight is 458 g/mol. The lowest BCUT2D eigenvalue weighted by Crippen LogP contribution is -2.70. The van der Waals surface area contributed by atoms with Crippen molar-refractivity contribution in [2.45, 2.75) is 37.9 Å². The first-order valence-electron chi connectivity index (χ1n) is 10.3. The second-order valence-corrected chi connectivity index (χ2v) is 9.09. The number of fused-ring (bicyclic) bond motifs is 3. The lowest BCUT2D eigenvalue weighted by atomic mass is 9.51. The lowest BCUT2D eigenvalue weighted by Gasteiger charge is -2.52. The molecule has 1 aromatic carbocycles. The molecule has 2 amide bonds. The van der Waals surface area contributed by atoms with Crippen molar-refractivity contribution in [2.24, 2.45) is 29.4 Å². The van der Waals surface area contributed by atoms with Gasteiger partial charge in [-0.15, -0.1) is 0 Å². The van der Waals surface area contributed by atoms with Gasteiger partial charge in [0.2, 0.25) is 11.8 Å². The number of primary amides is 1. The monoisotopic (exact) mass is 458 g/mol. The summed E-state index contributed by atoms with van der Waals surface area (Å²) in [6, 6.07) is 2.40. The molecule has 1 aromatic rings. The van der Waals surface area contributed by atoms with Crippen molar-refractivity contribution in [1.82, 2.24) is 0 Å². The highest BCUT2D eigenvalue weighted by Gasteiger charge is 2.68. The van der Waals surface area contributed by atoms with Crippen LogP contribution in [-0.2, 0) is 29.6 Å². The Morgan fingerprint density at radius 3 is 2.33 bits per heavy atom. The number of aliphatic hydroxyl groups is 2. The Hall–Kier alpha value is -3.44. The van der Waals surface area contributed by atoms with Gasteiger partial charge in [0.1, 0.15) is 5.75 Å². The molecule has 0 saturated heterocycles. The smallest absolute Gasteiger partial charge is 0.235 e. The van der Waals surface area contributed by atoms with Crippen LogP contribution < -0.4 is 11.1 Å². The van der Waals surface area contributed by atoms with Gasteiger partial charge in [-0.2, -0.15) is 0 Å². The van der Waals surface area contributed by atoms with Crippen LogP contribution in [0.2, 0.25) is 0 Å². The number of nitrogens with one attached hydrogen (secondary N) is 1. The fourth-order valence-corrected chi connectivity index (χ4v) is 5.66. The van der Waals surface area contributed by atoms with Gasteiger partial charge >= 0.3 is 0 Å². The number of anilines is 1. The SMILES string of the molecule is CC(=O)Nc1ccc(O)c2c1[C@@](C)(O)[C@H]1C[C@H]3CC(=O)C(C(N)=O)C(=O)[C@@]3(O)C(=O)C1C2=O. The Balaban J connectivity index is 1.91. The third-order valence-corrected chi connectivity index (χ3v) is 7.13. The molecule has 174 valence electrons. The Labute approximate surface area is 186 Å². The molecule has 0 spiro atoms. The van der Waals surface area contributed by atoms with Crippen LogP contribution in [0.5, 0.6) is 5.75 Å². The number of benzene rings is 1. The third kappa shape index (κ3) is 2.89. The molecule has 11 heteroatoms. The van der Waals surface area contributed by atoms with Crippen molar-refractivity contribution >= 4 is 40.6 Å². The number of carbonyl (C=O) groups is 6. The molecule has 0 aliphatic heterocycles. The van der Waals surface area contributed by atoms with Crippen molar-refractivity contribution in [3.05, 3.63) is 23.3 Å². The number of hydrogen-bond donors (Lipinski definition) is 5. The number of ketones is 4. The van der Waals surface area contributed by atoms with Gasteiger partial charge in [0.25, 0.3) is 0 Å². The summed E-state index contributed by atoms with van der Waals surface area (Å²) >= 11 is 0. The number of rotatable bonds is 2. The predicted molar refractivity (Wildman–Crippen MR) is 109 cm³/mol. The van der Waals surface area contributed by atoms with Crippen LogP contribution in [-0.4, -0.2) is 55.9 Å². The summed E-state index contributed by atoms with van der Waals surface area (Å²) < 4.78 is 0. The van der Waals surface area contributed by atoms with Crippen LogP contribution >= 0.6 is 0 Å². The molecule has 2 fully saturated rings. The Bertz CT molecular complexity index is 1170. The Morgan fingerprint density at radius 1 is 1.12 bits per heavy atom. The molecular weight excluding hydrogens is 436 g/mol. The highest BCUT2D eigenvalue weighted by molar-refractivity contribution is 6.31. The van der Waals surface area contributed by atoms with Crippen LogP contribution in [0.25, 0.3) is 0 Å². The molecule has 3 aliphatic carbocycles. The molecule has 2 saturated carbocycles. The van der Waals surface area contributed by atoms with E-state index in [1.54, 1.807) is 0 Å². The maximum atomic E-state index is 13.5. The molecule has 11 nitrogen and oxygen atoms in total. The van der Waals surface area contributed by atoms with Crippen LogP contribution in [0.1, 0.15) is 42.6 Å². The summed E-state index contributed by atoms with van der Waals surface area (Å²) in [4.78, 5) is 75.5. The molecule has 3 aliphatic rings. The molecular formula is C22H22N2O9. The van der Waals surface area contributed by atoms with Crippen LogP contribution in [0.15, 0.2) is 12.1 Å². The van der Waals surface area contributed by atoms with Gasteiger partial charge in [-0.1, -0.05) is 0 Å². The molecule has 33 heavy (non-hydrogen) atoms. The van der Waals surface area contributed by atoms with Crippen molar-refractivity contribution in [1.29, 1.82) is 0 Å². The van der Waals surface area contributed by atoms with E-state index in [0.717, 1.165) is 6.07 Å². The predicted octanol–water partition coefficient (Wildman–Crippen LogP) is -1.05. The zero-order chi connectivity index (χ0) is 24.6. The number of carbonyl (C=O) groups excluding carboxylic acids is 6. The van der Waals surface area contributed by atoms with Crippen molar-refractivity contribution in [2.75, 3.05) is 5.32 Å². The van der Waals surface area contributed by atoms with E-state index in [1.807, 2.05) is 0 Å². The fourth-order valence-electron chi connectivity index (χ4n) is 5.66. The molecule has 0 bridgehead atoms. The molecule has 2 unspecified atom stereocenters. The van der Waals surface area contributed by atoms with Crippen LogP contribution in [0.4, 0.5) is 5.69 Å². The van der Waals surface area contributed by atoms with E-state index in [4.69, 9.17) is 5.73 Å². The number of phenols is 1. The minimum Gasteiger partial charge on any atom is -0.507 e. The van der Waals surface area contributed by atoms with Gasteiger partial charge in [-0.25, -0.2) is 0 Å². The molecule has 0 heterocycles. The minimum absolute atomic E-state index is 0.0463. The molecule has 0 radical (unpaired) electrons. The zero-order valence-electron chi connectivity index (χ0n) is 17.7. The normalized spacial score (nSPS) is 35.4. The fraction of sp³-hybridized carbons (Fsp3) is 0.455. The van der Waals surface area contributed by atoms with E-state index in [2.05, 4.69) is 5.32 Å². The maximum Gasteiger partial charge on any atom is 0.235 e. The number of nitrogens with two attached hydrogens (primary N) is 1. The van der Waals surface area contributed by atoms with Crippen LogP contribution in [0.3, 0.4) is 0 Å². The summed E-state index contributed by atoms with van der Waals surface area (Å²) in [7, 11) is 0. The van der Waals surface area contributed by atoms with Gasteiger partial charge in [0, 0.05) is 36.4 Å². The first-order chi connectivity index (χ1) is 15.2. The summed E-state index contributed by atoms with van der Waals surface area (Å²) in [6.45, 7) is 2.50. The van der Waals surface area contributed by atoms with E-state index in [9.17, 15) is 44.1 Å². The number of phenolic OH excluding ortho intramolecular Hbond substituents is 1. The van der Waals surface area contributed by atoms with Gasteiger partial charge in [0.05, 0.1) is 17.1 Å². The molecule has 4 rings (SSSR count). The first-order valence-corrected chi connectivity index (χ1v) is 10.3. The van der Waals surface area contributed by atoms with Crippen LogP contribution in [0, 0.1) is 23.7 Å². The third-order valence-electron chi connectivity index (χ3n) is 7.13. The largest absolute Gasteiger partial charge is 0.507 e. The van der Waals surface area contributed by atoms with E-state index < -0.39 is 87.6 Å². The standard InChI is InChI=1S/C22H22N2O9/c1-7(25)24-10-3-4-11(26)14-16(10)21(2,32)9-5-8-6-12(27)15(20(23)31)19(30)22(8,33)18(29)13(9)17(14)28/h3-4,8-9,13,15,26,32-33H,5-6H2,1-2H3,(H2,23,31)(H,24,25)/t8-,9-,13?,15?,21-,22-/m0/s1. The highest BCUT2D eigenvalue weighted by Crippen LogP contribution is 2.56. The zero-order valence-corrected chi connectivity index (χ0v) is 17.7. The van der Waals surface area contributed by atoms with E-state index in [-0.39, 0.29) is 17.7 Å². The van der Waals surface area contributed by atoms with Crippen molar-refractivity contribution in [3.63, 3.8) is 0 Å². The van der Waals surface area contributed by atoms with Gasteiger partial charge in [0.15, 0.2) is 34.7 Å². The molecule has 6 N–H and O–H groups in total. The molecule has 0 aromatic heterocycles. The number of Topliss-reactive ketones (excluding diaryl/α,β-unsaturated/α-hetero) is 4. The maximum absolute atomic E-state index is 13.5. The second kappa shape index (κ2) is 7.03. The Kier molecular flexibility index (Phi) is 4.84. The van der Waals surface area contributed by atoms with Crippen molar-refractivity contribution in [3.8, 4) is 5.75 Å². The number of amides is 2. The summed E-state index contributed by atoms with van der Waals surface area (Å²) in [5.41, 5.74) is -0.138. The van der Waals surface area contributed by atoms with Gasteiger partial charge < -0.3 is 26.4 Å². The first kappa shape index (κ1) is 22.7. The second-order valence-electron chi connectivity index (χ2n) is 9.09. The highest BCUT2D eigenvalue weighted by atomic mass is 16.3. The van der Waals surface area contributed by atoms with Gasteiger partial charge in [-0.3, -0.25) is 28.8 Å². The summed E-state index contributed by atoms with van der Waals surface area (Å²) in [5.74, 6) is -13.1. The quantitative estimate of drug-likeness (QED) is 0.271. The topological polar surface area (TPSA) is 201 Å².